The lowest BCUT2D eigenvalue weighted by Crippen LogP contribution is -2.29. The summed E-state index contributed by atoms with van der Waals surface area (Å²) < 4.78 is 26.0. The Morgan fingerprint density at radius 2 is 1.79 bits per heavy atom. The maximum Gasteiger partial charge on any atom is 0.240 e. The zero-order valence-electron chi connectivity index (χ0n) is 11.6. The monoisotopic (exact) mass is 286 g/mol. The van der Waals surface area contributed by atoms with Crippen molar-refractivity contribution in [3.8, 4) is 0 Å². The molecule has 0 bridgehead atoms. The Morgan fingerprint density at radius 1 is 1.21 bits per heavy atom. The summed E-state index contributed by atoms with van der Waals surface area (Å²) in [6, 6.07) is 6.46. The molecule has 0 unspecified atom stereocenters. The van der Waals surface area contributed by atoms with Gasteiger partial charge in [-0.15, -0.1) is 0 Å². The van der Waals surface area contributed by atoms with E-state index in [2.05, 4.69) is 10.0 Å². The number of aliphatic hydroxyl groups is 1. The molecule has 0 radical (unpaired) electrons. The summed E-state index contributed by atoms with van der Waals surface area (Å²) in [5, 5.41) is 12.4. The van der Waals surface area contributed by atoms with Crippen molar-refractivity contribution in [3.63, 3.8) is 0 Å². The van der Waals surface area contributed by atoms with Crippen molar-refractivity contribution in [1.82, 2.24) is 4.72 Å². The summed E-state index contributed by atoms with van der Waals surface area (Å²) in [5.41, 5.74) is 0.795. The molecule has 108 valence electrons. The highest BCUT2D eigenvalue weighted by molar-refractivity contribution is 7.89. The van der Waals surface area contributed by atoms with Crippen LogP contribution in [0.1, 0.15) is 20.8 Å². The van der Waals surface area contributed by atoms with Crippen LogP contribution in [0.25, 0.3) is 0 Å². The minimum atomic E-state index is -3.40. The third-order valence-electron chi connectivity index (χ3n) is 2.85. The first-order valence-electron chi connectivity index (χ1n) is 6.37. The van der Waals surface area contributed by atoms with Gasteiger partial charge >= 0.3 is 0 Å². The number of sulfonamides is 1. The van der Waals surface area contributed by atoms with Crippen LogP contribution in [0.2, 0.25) is 0 Å². The lowest BCUT2D eigenvalue weighted by Gasteiger charge is -2.21. The highest BCUT2D eigenvalue weighted by Crippen LogP contribution is 2.16. The second-order valence-electron chi connectivity index (χ2n) is 4.70. The normalized spacial score (nSPS) is 13.5. The van der Waals surface area contributed by atoms with E-state index in [0.29, 0.717) is 6.54 Å². The SMILES string of the molecule is CCNS(=O)(=O)c1ccc(N[C@H](CO)C(C)C)cc1. The van der Waals surface area contributed by atoms with Crippen LogP contribution in [0.3, 0.4) is 0 Å². The van der Waals surface area contributed by atoms with Gasteiger partial charge in [0, 0.05) is 12.2 Å². The van der Waals surface area contributed by atoms with E-state index < -0.39 is 10.0 Å². The number of nitrogens with one attached hydrogen (secondary N) is 2. The van der Waals surface area contributed by atoms with Crippen LogP contribution < -0.4 is 10.0 Å². The van der Waals surface area contributed by atoms with Gasteiger partial charge < -0.3 is 10.4 Å². The summed E-state index contributed by atoms with van der Waals surface area (Å²) in [6.45, 7) is 6.16. The zero-order chi connectivity index (χ0) is 14.5. The van der Waals surface area contributed by atoms with Gasteiger partial charge in [0.15, 0.2) is 0 Å². The quantitative estimate of drug-likeness (QED) is 0.708. The van der Waals surface area contributed by atoms with E-state index in [0.717, 1.165) is 5.69 Å². The second kappa shape index (κ2) is 6.88. The zero-order valence-corrected chi connectivity index (χ0v) is 12.4. The largest absolute Gasteiger partial charge is 0.394 e. The van der Waals surface area contributed by atoms with Crippen LogP contribution in [0.15, 0.2) is 29.2 Å². The van der Waals surface area contributed by atoms with Crippen LogP contribution in [0.5, 0.6) is 0 Å². The third kappa shape index (κ3) is 4.49. The maximum absolute atomic E-state index is 11.8. The fraction of sp³-hybridized carbons (Fsp3) is 0.538. The smallest absolute Gasteiger partial charge is 0.240 e. The molecule has 5 nitrogen and oxygen atoms in total. The number of aliphatic hydroxyl groups excluding tert-OH is 1. The molecular formula is C13H22N2O3S. The molecule has 0 spiro atoms. The van der Waals surface area contributed by atoms with Gasteiger partial charge in [-0.1, -0.05) is 20.8 Å². The van der Waals surface area contributed by atoms with Crippen LogP contribution in [-0.4, -0.2) is 32.7 Å². The lowest BCUT2D eigenvalue weighted by atomic mass is 10.1. The predicted molar refractivity (Wildman–Crippen MR) is 76.6 cm³/mol. The average molecular weight is 286 g/mol. The number of anilines is 1. The molecule has 19 heavy (non-hydrogen) atoms. The van der Waals surface area contributed by atoms with Crippen molar-refractivity contribution in [2.75, 3.05) is 18.5 Å². The molecular weight excluding hydrogens is 264 g/mol. The Hall–Kier alpha value is -1.11. The summed E-state index contributed by atoms with van der Waals surface area (Å²) in [6.07, 6.45) is 0. The molecule has 0 amide bonds. The molecule has 1 aromatic carbocycles. The molecule has 0 aliphatic carbocycles. The van der Waals surface area contributed by atoms with Crippen LogP contribution in [-0.2, 0) is 10.0 Å². The van der Waals surface area contributed by atoms with Crippen molar-refractivity contribution in [2.24, 2.45) is 5.92 Å². The van der Waals surface area contributed by atoms with Crippen molar-refractivity contribution in [2.45, 2.75) is 31.7 Å². The highest BCUT2D eigenvalue weighted by atomic mass is 32.2. The van der Waals surface area contributed by atoms with E-state index in [4.69, 9.17) is 0 Å². The summed E-state index contributed by atoms with van der Waals surface area (Å²) in [7, 11) is -3.40. The number of benzene rings is 1. The Labute approximate surface area is 115 Å². The maximum atomic E-state index is 11.8. The van der Waals surface area contributed by atoms with Gasteiger partial charge in [0.25, 0.3) is 0 Å². The topological polar surface area (TPSA) is 78.4 Å². The Morgan fingerprint density at radius 3 is 2.21 bits per heavy atom. The van der Waals surface area contributed by atoms with Gasteiger partial charge in [-0.05, 0) is 30.2 Å². The van der Waals surface area contributed by atoms with Crippen molar-refractivity contribution >= 4 is 15.7 Å². The molecule has 0 aliphatic rings. The highest BCUT2D eigenvalue weighted by Gasteiger charge is 2.14. The summed E-state index contributed by atoms with van der Waals surface area (Å²) in [5.74, 6) is 0.287. The third-order valence-corrected chi connectivity index (χ3v) is 4.41. The molecule has 0 aromatic heterocycles. The molecule has 6 heteroatoms. The first-order chi connectivity index (χ1) is 8.90. The predicted octanol–water partition coefficient (Wildman–Crippen LogP) is 1.41. The number of hydrogen-bond donors (Lipinski definition) is 3. The molecule has 0 fully saturated rings. The van der Waals surface area contributed by atoms with Gasteiger partial charge in [-0.3, -0.25) is 0 Å². The first-order valence-corrected chi connectivity index (χ1v) is 7.86. The Bertz CT molecular complexity index is 483. The van der Waals surface area contributed by atoms with Gasteiger partial charge in [0.05, 0.1) is 17.5 Å². The molecule has 0 heterocycles. The summed E-state index contributed by atoms with van der Waals surface area (Å²) in [4.78, 5) is 0.241. The van der Waals surface area contributed by atoms with Crippen molar-refractivity contribution in [3.05, 3.63) is 24.3 Å². The second-order valence-corrected chi connectivity index (χ2v) is 6.47. The fourth-order valence-corrected chi connectivity index (χ4v) is 2.68. The molecule has 1 aromatic rings. The first kappa shape index (κ1) is 15.9. The molecule has 0 saturated carbocycles. The minimum absolute atomic E-state index is 0.0368. The van der Waals surface area contributed by atoms with Crippen LogP contribution in [0, 0.1) is 5.92 Å². The Kier molecular flexibility index (Phi) is 5.78. The van der Waals surface area contributed by atoms with Crippen molar-refractivity contribution < 1.29 is 13.5 Å². The van der Waals surface area contributed by atoms with E-state index in [1.165, 1.54) is 0 Å². The lowest BCUT2D eigenvalue weighted by molar-refractivity contribution is 0.249. The summed E-state index contributed by atoms with van der Waals surface area (Å²) >= 11 is 0. The average Bonchev–Trinajstić information content (AvgIpc) is 2.36. The molecule has 1 atom stereocenters. The van der Waals surface area contributed by atoms with E-state index in [1.54, 1.807) is 31.2 Å². The molecule has 0 aliphatic heterocycles. The van der Waals surface area contributed by atoms with Crippen LogP contribution in [0.4, 0.5) is 5.69 Å². The number of hydrogen-bond acceptors (Lipinski definition) is 4. The van der Waals surface area contributed by atoms with Gasteiger partial charge in [-0.2, -0.15) is 0 Å². The standard InChI is InChI=1S/C13H22N2O3S/c1-4-14-19(17,18)12-7-5-11(6-8-12)15-13(9-16)10(2)3/h5-8,10,13-16H,4,9H2,1-3H3/t13-/m1/s1. The van der Waals surface area contributed by atoms with Gasteiger partial charge in [-0.25, -0.2) is 13.1 Å². The molecule has 0 saturated heterocycles. The van der Waals surface area contributed by atoms with E-state index >= 15 is 0 Å². The van der Waals surface area contributed by atoms with Crippen LogP contribution >= 0.6 is 0 Å². The fourth-order valence-electron chi connectivity index (χ4n) is 1.64. The Balaban J connectivity index is 2.82. The minimum Gasteiger partial charge on any atom is -0.394 e. The van der Waals surface area contributed by atoms with E-state index in [9.17, 15) is 13.5 Å². The molecule has 3 N–H and O–H groups in total. The van der Waals surface area contributed by atoms with E-state index in [1.807, 2.05) is 13.8 Å². The van der Waals surface area contributed by atoms with E-state index in [-0.39, 0.29) is 23.5 Å². The molecule has 1 rings (SSSR count). The van der Waals surface area contributed by atoms with Gasteiger partial charge in [0.1, 0.15) is 0 Å². The number of rotatable bonds is 7. The van der Waals surface area contributed by atoms with Gasteiger partial charge in [0.2, 0.25) is 10.0 Å². The van der Waals surface area contributed by atoms with Crippen molar-refractivity contribution in [1.29, 1.82) is 0 Å².